The lowest BCUT2D eigenvalue weighted by molar-refractivity contribution is -0.121. The van der Waals surface area contributed by atoms with E-state index in [4.69, 9.17) is 0 Å². The van der Waals surface area contributed by atoms with Crippen LogP contribution < -0.4 is 5.43 Å². The molecule has 2 heterocycles. The summed E-state index contributed by atoms with van der Waals surface area (Å²) in [6.07, 6.45) is 3.40. The van der Waals surface area contributed by atoms with Crippen molar-refractivity contribution in [1.29, 1.82) is 0 Å². The van der Waals surface area contributed by atoms with E-state index in [0.717, 1.165) is 22.3 Å². The number of nitrogens with zero attached hydrogens (tertiary/aromatic N) is 6. The van der Waals surface area contributed by atoms with E-state index in [0.29, 0.717) is 0 Å². The SMILES string of the molecule is Cc1nn(C)cc1/C=N\NC(=O)Cn1nnc2ccccc21. The Morgan fingerprint density at radius 1 is 1.41 bits per heavy atom. The lowest BCUT2D eigenvalue weighted by Crippen LogP contribution is -2.23. The van der Waals surface area contributed by atoms with Crippen molar-refractivity contribution in [3.8, 4) is 0 Å². The molecule has 1 aromatic carbocycles. The van der Waals surface area contributed by atoms with Crippen molar-refractivity contribution < 1.29 is 4.79 Å². The normalized spacial score (nSPS) is 11.4. The number of fused-ring (bicyclic) bond motifs is 1. The first kappa shape index (κ1) is 13.9. The van der Waals surface area contributed by atoms with Crippen LogP contribution in [-0.2, 0) is 18.4 Å². The molecule has 0 saturated heterocycles. The number of aromatic nitrogens is 5. The molecule has 0 spiro atoms. The zero-order valence-electron chi connectivity index (χ0n) is 12.3. The molecule has 8 nitrogen and oxygen atoms in total. The Balaban J connectivity index is 1.64. The zero-order chi connectivity index (χ0) is 15.5. The lowest BCUT2D eigenvalue weighted by atomic mass is 10.3. The van der Waals surface area contributed by atoms with E-state index >= 15 is 0 Å². The molecular weight excluding hydrogens is 282 g/mol. The summed E-state index contributed by atoms with van der Waals surface area (Å²) in [4.78, 5) is 11.9. The fourth-order valence-electron chi connectivity index (χ4n) is 2.12. The van der Waals surface area contributed by atoms with Crippen molar-refractivity contribution in [2.24, 2.45) is 12.1 Å². The molecule has 8 heteroatoms. The van der Waals surface area contributed by atoms with Crippen LogP contribution in [-0.4, -0.2) is 36.9 Å². The van der Waals surface area contributed by atoms with E-state index in [-0.39, 0.29) is 12.5 Å². The van der Waals surface area contributed by atoms with Crippen LogP contribution in [0.15, 0.2) is 35.6 Å². The predicted octanol–water partition coefficient (Wildman–Crippen LogP) is 0.624. The van der Waals surface area contributed by atoms with Crippen LogP contribution in [0.25, 0.3) is 11.0 Å². The lowest BCUT2D eigenvalue weighted by Gasteiger charge is -2.00. The standard InChI is InChI=1S/C14H15N7O/c1-10-11(8-20(2)18-10)7-15-17-14(22)9-21-13-6-4-3-5-12(13)16-19-21/h3-8H,9H2,1-2H3,(H,17,22)/b15-7-. The molecule has 0 atom stereocenters. The molecule has 0 saturated carbocycles. The van der Waals surface area contributed by atoms with Crippen molar-refractivity contribution in [3.63, 3.8) is 0 Å². The summed E-state index contributed by atoms with van der Waals surface area (Å²) in [6.45, 7) is 1.94. The van der Waals surface area contributed by atoms with Crippen molar-refractivity contribution in [2.75, 3.05) is 0 Å². The number of aryl methyl sites for hydroxylation is 2. The van der Waals surface area contributed by atoms with Crippen molar-refractivity contribution in [2.45, 2.75) is 13.5 Å². The molecule has 22 heavy (non-hydrogen) atoms. The number of hydrogen-bond acceptors (Lipinski definition) is 5. The highest BCUT2D eigenvalue weighted by molar-refractivity contribution is 5.83. The van der Waals surface area contributed by atoms with Gasteiger partial charge in [0.1, 0.15) is 12.1 Å². The first-order valence-electron chi connectivity index (χ1n) is 6.74. The number of benzene rings is 1. The number of para-hydroxylation sites is 1. The predicted molar refractivity (Wildman–Crippen MR) is 81.2 cm³/mol. The summed E-state index contributed by atoms with van der Waals surface area (Å²) in [7, 11) is 1.83. The van der Waals surface area contributed by atoms with Crippen LogP contribution in [0.4, 0.5) is 0 Å². The first-order valence-corrected chi connectivity index (χ1v) is 6.74. The second kappa shape index (κ2) is 5.76. The highest BCUT2D eigenvalue weighted by Gasteiger charge is 2.07. The van der Waals surface area contributed by atoms with E-state index in [2.05, 4.69) is 25.9 Å². The van der Waals surface area contributed by atoms with Gasteiger partial charge in [-0.2, -0.15) is 10.2 Å². The molecule has 0 fully saturated rings. The fraction of sp³-hybridized carbons (Fsp3) is 0.214. The number of nitrogens with one attached hydrogen (secondary N) is 1. The molecule has 0 aliphatic carbocycles. The molecule has 2 aromatic heterocycles. The van der Waals surface area contributed by atoms with Crippen molar-refractivity contribution in [1.82, 2.24) is 30.2 Å². The highest BCUT2D eigenvalue weighted by Crippen LogP contribution is 2.09. The van der Waals surface area contributed by atoms with Gasteiger partial charge in [0.15, 0.2) is 0 Å². The maximum Gasteiger partial charge on any atom is 0.261 e. The van der Waals surface area contributed by atoms with E-state index in [1.807, 2.05) is 44.4 Å². The third-order valence-corrected chi connectivity index (χ3v) is 3.16. The Morgan fingerprint density at radius 3 is 3.00 bits per heavy atom. The first-order chi connectivity index (χ1) is 10.6. The maximum atomic E-state index is 11.9. The Kier molecular flexibility index (Phi) is 3.65. The minimum absolute atomic E-state index is 0.0594. The number of carbonyl (C=O) groups is 1. The molecule has 0 radical (unpaired) electrons. The fourth-order valence-corrected chi connectivity index (χ4v) is 2.12. The molecular formula is C14H15N7O. The Morgan fingerprint density at radius 2 is 2.23 bits per heavy atom. The molecule has 0 bridgehead atoms. The zero-order valence-corrected chi connectivity index (χ0v) is 12.3. The van der Waals surface area contributed by atoms with Gasteiger partial charge in [0, 0.05) is 18.8 Å². The second-order valence-electron chi connectivity index (χ2n) is 4.87. The largest absolute Gasteiger partial charge is 0.275 e. The number of rotatable bonds is 4. The third kappa shape index (κ3) is 2.85. The van der Waals surface area contributed by atoms with Crippen LogP contribution in [0.2, 0.25) is 0 Å². The summed E-state index contributed by atoms with van der Waals surface area (Å²) in [5.41, 5.74) is 5.75. The molecule has 0 aliphatic heterocycles. The Hall–Kier alpha value is -3.03. The van der Waals surface area contributed by atoms with Gasteiger partial charge < -0.3 is 0 Å². The topological polar surface area (TPSA) is 90.0 Å². The van der Waals surface area contributed by atoms with Gasteiger partial charge in [0.05, 0.1) is 17.4 Å². The Bertz CT molecular complexity index is 846. The van der Waals surface area contributed by atoms with Gasteiger partial charge in [0.2, 0.25) is 0 Å². The molecule has 0 unspecified atom stereocenters. The van der Waals surface area contributed by atoms with E-state index in [9.17, 15) is 4.79 Å². The van der Waals surface area contributed by atoms with Crippen molar-refractivity contribution >= 4 is 23.2 Å². The van der Waals surface area contributed by atoms with E-state index in [1.165, 1.54) is 4.68 Å². The summed E-state index contributed by atoms with van der Waals surface area (Å²) < 4.78 is 3.23. The minimum Gasteiger partial charge on any atom is -0.275 e. The molecule has 112 valence electrons. The van der Waals surface area contributed by atoms with Crippen LogP contribution in [0.1, 0.15) is 11.3 Å². The molecule has 1 N–H and O–H groups in total. The van der Waals surface area contributed by atoms with Gasteiger partial charge in [-0.1, -0.05) is 17.3 Å². The van der Waals surface area contributed by atoms with Crippen LogP contribution in [0.3, 0.4) is 0 Å². The smallest absolute Gasteiger partial charge is 0.261 e. The maximum absolute atomic E-state index is 11.9. The quantitative estimate of drug-likeness (QED) is 0.565. The second-order valence-corrected chi connectivity index (χ2v) is 4.87. The molecule has 3 aromatic rings. The van der Waals surface area contributed by atoms with Gasteiger partial charge >= 0.3 is 0 Å². The van der Waals surface area contributed by atoms with E-state index in [1.54, 1.807) is 10.9 Å². The number of hydrazone groups is 1. The van der Waals surface area contributed by atoms with Crippen LogP contribution in [0, 0.1) is 6.92 Å². The molecule has 3 rings (SSSR count). The van der Waals surface area contributed by atoms with Gasteiger partial charge in [-0.05, 0) is 19.1 Å². The van der Waals surface area contributed by atoms with Gasteiger partial charge in [0.25, 0.3) is 5.91 Å². The Labute approximate surface area is 126 Å². The van der Waals surface area contributed by atoms with Crippen molar-refractivity contribution in [3.05, 3.63) is 41.7 Å². The summed E-state index contributed by atoms with van der Waals surface area (Å²) in [6, 6.07) is 7.47. The number of amides is 1. The summed E-state index contributed by atoms with van der Waals surface area (Å²) in [5.74, 6) is -0.270. The summed E-state index contributed by atoms with van der Waals surface area (Å²) >= 11 is 0. The average Bonchev–Trinajstić information content (AvgIpc) is 3.03. The number of carbonyl (C=O) groups excluding carboxylic acids is 1. The highest BCUT2D eigenvalue weighted by atomic mass is 16.2. The van der Waals surface area contributed by atoms with Crippen LogP contribution in [0.5, 0.6) is 0 Å². The van der Waals surface area contributed by atoms with Crippen LogP contribution >= 0.6 is 0 Å². The van der Waals surface area contributed by atoms with Gasteiger partial charge in [-0.15, -0.1) is 5.10 Å². The summed E-state index contributed by atoms with van der Waals surface area (Å²) in [5, 5.41) is 16.1. The minimum atomic E-state index is -0.270. The van der Waals surface area contributed by atoms with Gasteiger partial charge in [-0.3, -0.25) is 9.48 Å². The van der Waals surface area contributed by atoms with E-state index < -0.39 is 0 Å². The molecule has 1 amide bonds. The third-order valence-electron chi connectivity index (χ3n) is 3.16. The average molecular weight is 297 g/mol. The monoisotopic (exact) mass is 297 g/mol. The van der Waals surface area contributed by atoms with Gasteiger partial charge in [-0.25, -0.2) is 10.1 Å². The number of hydrogen-bond donors (Lipinski definition) is 1. The molecule has 0 aliphatic rings.